The first-order chi connectivity index (χ1) is 12.1. The van der Waals surface area contributed by atoms with Gasteiger partial charge in [0.15, 0.2) is 5.96 Å². The van der Waals surface area contributed by atoms with Crippen LogP contribution in [0.2, 0.25) is 0 Å². The van der Waals surface area contributed by atoms with Gasteiger partial charge in [0.25, 0.3) is 0 Å². The quantitative estimate of drug-likeness (QED) is 0.0710. The molecule has 0 saturated carbocycles. The third-order valence-corrected chi connectivity index (χ3v) is 3.53. The highest BCUT2D eigenvalue weighted by molar-refractivity contribution is 7.80. The van der Waals surface area contributed by atoms with Gasteiger partial charge in [-0.3, -0.25) is 19.4 Å². The minimum Gasteiger partial charge on any atom is -0.480 e. The van der Waals surface area contributed by atoms with Crippen molar-refractivity contribution < 1.29 is 24.3 Å². The number of nitrogens with one attached hydrogen (secondary N) is 2. The van der Waals surface area contributed by atoms with E-state index in [1.54, 1.807) is 0 Å². The van der Waals surface area contributed by atoms with Crippen LogP contribution in [0.3, 0.4) is 0 Å². The highest BCUT2D eigenvalue weighted by Gasteiger charge is 2.28. The summed E-state index contributed by atoms with van der Waals surface area (Å²) in [6.45, 7) is 0.181. The summed E-state index contributed by atoms with van der Waals surface area (Å²) in [5.74, 6) is -3.87. The second-order valence-electron chi connectivity index (χ2n) is 5.37. The molecule has 0 aliphatic rings. The van der Waals surface area contributed by atoms with E-state index in [0.717, 1.165) is 0 Å². The molecule has 0 spiro atoms. The number of hydrogen-bond acceptors (Lipinski definition) is 7. The number of amides is 3. The molecule has 0 heterocycles. The van der Waals surface area contributed by atoms with Crippen LogP contribution >= 0.6 is 12.6 Å². The fourth-order valence-electron chi connectivity index (χ4n) is 1.81. The van der Waals surface area contributed by atoms with Gasteiger partial charge in [-0.05, 0) is 12.8 Å². The Morgan fingerprint density at radius 2 is 1.62 bits per heavy atom. The summed E-state index contributed by atoms with van der Waals surface area (Å²) in [7, 11) is 0. The molecule has 0 unspecified atom stereocenters. The molecular formula is C13H25N7O5S. The summed E-state index contributed by atoms with van der Waals surface area (Å²) in [6.07, 6.45) is -0.199. The number of thiol groups is 1. The van der Waals surface area contributed by atoms with Crippen LogP contribution < -0.4 is 33.6 Å². The Kier molecular flexibility index (Phi) is 10.8. The van der Waals surface area contributed by atoms with Crippen molar-refractivity contribution >= 4 is 42.3 Å². The number of rotatable bonds is 12. The molecular weight excluding hydrogens is 366 g/mol. The van der Waals surface area contributed by atoms with Crippen LogP contribution in [0, 0.1) is 0 Å². The average molecular weight is 391 g/mol. The van der Waals surface area contributed by atoms with Crippen LogP contribution in [0.5, 0.6) is 0 Å². The standard InChI is InChI=1S/C13H25N7O5S/c14-6(5-26)10(22)20-8(4-9(15)21)11(23)19-7(12(24)25)2-1-3-18-13(16)17/h6-8,26H,1-5,14H2,(H2,15,21)(H,19,23)(H,20,22)(H,24,25)(H4,16,17,18)/t6-,7-,8-/m0/s1. The molecule has 0 aliphatic heterocycles. The van der Waals surface area contributed by atoms with E-state index in [1.165, 1.54) is 0 Å². The number of carbonyl (C=O) groups excluding carboxylic acids is 3. The summed E-state index contributed by atoms with van der Waals surface area (Å²) in [4.78, 5) is 50.1. The maximum atomic E-state index is 12.3. The van der Waals surface area contributed by atoms with Crippen molar-refractivity contribution in [2.24, 2.45) is 27.9 Å². The Hall–Kier alpha value is -2.54. The first-order valence-electron chi connectivity index (χ1n) is 7.62. The van der Waals surface area contributed by atoms with Crippen LogP contribution in [0.25, 0.3) is 0 Å². The van der Waals surface area contributed by atoms with Gasteiger partial charge in [0, 0.05) is 12.3 Å². The smallest absolute Gasteiger partial charge is 0.326 e. The van der Waals surface area contributed by atoms with Gasteiger partial charge in [-0.15, -0.1) is 0 Å². The molecule has 12 nitrogen and oxygen atoms in total. The van der Waals surface area contributed by atoms with Crippen molar-refractivity contribution in [1.29, 1.82) is 0 Å². The molecule has 0 rings (SSSR count). The van der Waals surface area contributed by atoms with E-state index in [-0.39, 0.29) is 31.1 Å². The number of aliphatic carboxylic acids is 1. The van der Waals surface area contributed by atoms with E-state index in [0.29, 0.717) is 0 Å². The molecule has 13 heteroatoms. The lowest BCUT2D eigenvalue weighted by Gasteiger charge is -2.21. The molecule has 0 saturated heterocycles. The topological polar surface area (TPSA) is 229 Å². The number of nitrogens with zero attached hydrogens (tertiary/aromatic N) is 1. The SMILES string of the molecule is NC(=O)C[C@H](NC(=O)[C@@H](N)CS)C(=O)N[C@@H](CCCN=C(N)N)C(=O)O. The molecule has 0 fully saturated rings. The lowest BCUT2D eigenvalue weighted by molar-refractivity contribution is -0.142. The number of carbonyl (C=O) groups is 4. The molecule has 0 aromatic heterocycles. The molecule has 148 valence electrons. The fourth-order valence-corrected chi connectivity index (χ4v) is 1.97. The maximum Gasteiger partial charge on any atom is 0.326 e. The van der Waals surface area contributed by atoms with Gasteiger partial charge >= 0.3 is 5.97 Å². The van der Waals surface area contributed by atoms with Gasteiger partial charge in [0.05, 0.1) is 12.5 Å². The third-order valence-electron chi connectivity index (χ3n) is 3.13. The van der Waals surface area contributed by atoms with Crippen LogP contribution in [-0.2, 0) is 19.2 Å². The minimum absolute atomic E-state index is 0.0132. The Bertz CT molecular complexity index is 553. The largest absolute Gasteiger partial charge is 0.480 e. The van der Waals surface area contributed by atoms with Crippen molar-refractivity contribution in [2.75, 3.05) is 12.3 Å². The van der Waals surface area contributed by atoms with Crippen LogP contribution in [-0.4, -0.2) is 65.2 Å². The van der Waals surface area contributed by atoms with Crippen molar-refractivity contribution in [3.8, 4) is 0 Å². The summed E-state index contributed by atoms with van der Waals surface area (Å²) in [5, 5.41) is 13.7. The van der Waals surface area contributed by atoms with Crippen LogP contribution in [0.4, 0.5) is 0 Å². The van der Waals surface area contributed by atoms with E-state index in [9.17, 15) is 24.3 Å². The minimum atomic E-state index is -1.36. The lowest BCUT2D eigenvalue weighted by Crippen LogP contribution is -2.55. The highest BCUT2D eigenvalue weighted by atomic mass is 32.1. The predicted octanol–water partition coefficient (Wildman–Crippen LogP) is -3.77. The average Bonchev–Trinajstić information content (AvgIpc) is 2.54. The zero-order valence-corrected chi connectivity index (χ0v) is 14.9. The van der Waals surface area contributed by atoms with Gasteiger partial charge in [-0.2, -0.15) is 12.6 Å². The zero-order valence-electron chi connectivity index (χ0n) is 14.1. The van der Waals surface area contributed by atoms with E-state index in [4.69, 9.17) is 22.9 Å². The molecule has 26 heavy (non-hydrogen) atoms. The first kappa shape index (κ1) is 23.5. The molecule has 0 radical (unpaired) electrons. The summed E-state index contributed by atoms with van der Waals surface area (Å²) in [6, 6.07) is -3.62. The second kappa shape index (κ2) is 11.9. The third kappa shape index (κ3) is 9.68. The fraction of sp³-hybridized carbons (Fsp3) is 0.615. The van der Waals surface area contributed by atoms with E-state index in [2.05, 4.69) is 28.3 Å². The Balaban J connectivity index is 4.93. The normalized spacial score (nSPS) is 13.8. The monoisotopic (exact) mass is 391 g/mol. The van der Waals surface area contributed by atoms with E-state index in [1.807, 2.05) is 0 Å². The number of nitrogens with two attached hydrogens (primary N) is 4. The van der Waals surface area contributed by atoms with E-state index >= 15 is 0 Å². The lowest BCUT2D eigenvalue weighted by atomic mass is 10.1. The van der Waals surface area contributed by atoms with Crippen molar-refractivity contribution in [2.45, 2.75) is 37.4 Å². The Labute approximate surface area is 155 Å². The molecule has 3 atom stereocenters. The number of carboxylic acids is 1. The number of hydrogen-bond donors (Lipinski definition) is 8. The van der Waals surface area contributed by atoms with Gasteiger partial charge in [-0.1, -0.05) is 0 Å². The maximum absolute atomic E-state index is 12.3. The number of carboxylic acid groups (broad SMARTS) is 1. The summed E-state index contributed by atoms with van der Waals surface area (Å²) >= 11 is 3.86. The van der Waals surface area contributed by atoms with Gasteiger partial charge in [-0.25, -0.2) is 4.79 Å². The first-order valence-corrected chi connectivity index (χ1v) is 8.25. The van der Waals surface area contributed by atoms with Crippen LogP contribution in [0.15, 0.2) is 4.99 Å². The number of guanidine groups is 1. The van der Waals surface area contributed by atoms with Crippen molar-refractivity contribution in [1.82, 2.24) is 10.6 Å². The molecule has 0 bridgehead atoms. The van der Waals surface area contributed by atoms with Gasteiger partial charge in [0.2, 0.25) is 17.7 Å². The van der Waals surface area contributed by atoms with E-state index < -0.39 is 48.2 Å². The molecule has 0 aromatic carbocycles. The predicted molar refractivity (Wildman–Crippen MR) is 97.0 cm³/mol. The highest BCUT2D eigenvalue weighted by Crippen LogP contribution is 2.02. The molecule has 3 amide bonds. The summed E-state index contributed by atoms with van der Waals surface area (Å²) in [5.41, 5.74) is 20.9. The Morgan fingerprint density at radius 3 is 2.08 bits per heavy atom. The van der Waals surface area contributed by atoms with Crippen molar-refractivity contribution in [3.63, 3.8) is 0 Å². The number of aliphatic imine (C=N–C) groups is 1. The van der Waals surface area contributed by atoms with Gasteiger partial charge < -0.3 is 38.7 Å². The summed E-state index contributed by atoms with van der Waals surface area (Å²) < 4.78 is 0. The van der Waals surface area contributed by atoms with Crippen molar-refractivity contribution in [3.05, 3.63) is 0 Å². The zero-order chi connectivity index (χ0) is 20.3. The van der Waals surface area contributed by atoms with Gasteiger partial charge in [0.1, 0.15) is 12.1 Å². The second-order valence-corrected chi connectivity index (χ2v) is 5.73. The Morgan fingerprint density at radius 1 is 1.04 bits per heavy atom. The molecule has 0 aromatic rings. The van der Waals surface area contributed by atoms with Crippen LogP contribution in [0.1, 0.15) is 19.3 Å². The number of primary amides is 1. The molecule has 0 aliphatic carbocycles. The molecule has 11 N–H and O–H groups in total.